The van der Waals surface area contributed by atoms with Crippen LogP contribution in [0.1, 0.15) is 45.3 Å². The smallest absolute Gasteiger partial charge is 0.262 e. The molecule has 3 rings (SSSR count). The number of hydrogen-bond donors (Lipinski definition) is 0. The lowest BCUT2D eigenvalue weighted by molar-refractivity contribution is 0.140. The molecule has 0 aliphatic rings. The number of aromatic nitrogens is 4. The number of hydrogen-bond acceptors (Lipinski definition) is 7. The second-order valence-corrected chi connectivity index (χ2v) is 8.77. The van der Waals surface area contributed by atoms with Crippen LogP contribution in [-0.4, -0.2) is 32.9 Å². The maximum atomic E-state index is 13.1. The topological polar surface area (TPSA) is 83.0 Å². The molecule has 0 fully saturated rings. The van der Waals surface area contributed by atoms with Crippen molar-refractivity contribution in [2.24, 2.45) is 5.92 Å². The van der Waals surface area contributed by atoms with Crippen LogP contribution in [0, 0.1) is 5.92 Å². The minimum Gasteiger partial charge on any atom is -0.382 e. The molecule has 3 aromatic rings. The molecule has 0 saturated heterocycles. The van der Waals surface area contributed by atoms with E-state index in [0.717, 1.165) is 19.3 Å². The van der Waals surface area contributed by atoms with Crippen LogP contribution in [0.25, 0.3) is 10.9 Å². The van der Waals surface area contributed by atoms with Crippen molar-refractivity contribution in [1.29, 1.82) is 0 Å². The van der Waals surface area contributed by atoms with Gasteiger partial charge in [0.15, 0.2) is 11.0 Å². The predicted molar refractivity (Wildman–Crippen MR) is 119 cm³/mol. The summed E-state index contributed by atoms with van der Waals surface area (Å²) in [5.74, 6) is 2.27. The van der Waals surface area contributed by atoms with Gasteiger partial charge in [-0.15, -0.1) is 0 Å². The molecule has 0 amide bonds. The number of rotatable bonds is 11. The van der Waals surface area contributed by atoms with E-state index in [9.17, 15) is 4.79 Å². The van der Waals surface area contributed by atoms with Gasteiger partial charge in [0.25, 0.3) is 5.56 Å². The SMILES string of the molecule is CCOCCCn1c(SCc2nc(CCC(C)C)no2)nc2cc(Cl)ccc2c1=O. The fraction of sp³-hybridized carbons (Fsp3) is 0.524. The molecule has 0 aliphatic carbocycles. The molecule has 0 radical (unpaired) electrons. The Balaban J connectivity index is 1.80. The highest BCUT2D eigenvalue weighted by molar-refractivity contribution is 7.98. The van der Waals surface area contributed by atoms with Crippen LogP contribution < -0.4 is 5.56 Å². The summed E-state index contributed by atoms with van der Waals surface area (Å²) < 4.78 is 12.5. The van der Waals surface area contributed by atoms with Gasteiger partial charge in [-0.2, -0.15) is 4.98 Å². The minimum atomic E-state index is -0.0844. The Bertz CT molecular complexity index is 1030. The zero-order valence-corrected chi connectivity index (χ0v) is 19.1. The third kappa shape index (κ3) is 6.06. The van der Waals surface area contributed by atoms with Crippen molar-refractivity contribution in [2.75, 3.05) is 13.2 Å². The van der Waals surface area contributed by atoms with Gasteiger partial charge in [0.2, 0.25) is 5.89 Å². The zero-order valence-electron chi connectivity index (χ0n) is 17.6. The molecule has 2 aromatic heterocycles. The van der Waals surface area contributed by atoms with Gasteiger partial charge in [-0.05, 0) is 43.9 Å². The molecule has 0 unspecified atom stereocenters. The van der Waals surface area contributed by atoms with Gasteiger partial charge < -0.3 is 9.26 Å². The fourth-order valence-corrected chi connectivity index (χ4v) is 3.97. The molecule has 0 saturated carbocycles. The largest absolute Gasteiger partial charge is 0.382 e. The van der Waals surface area contributed by atoms with Gasteiger partial charge in [-0.3, -0.25) is 9.36 Å². The average molecular weight is 451 g/mol. The molecular weight excluding hydrogens is 424 g/mol. The Morgan fingerprint density at radius 2 is 2.13 bits per heavy atom. The molecule has 30 heavy (non-hydrogen) atoms. The summed E-state index contributed by atoms with van der Waals surface area (Å²) in [5.41, 5.74) is 0.498. The van der Waals surface area contributed by atoms with Gasteiger partial charge in [0.1, 0.15) is 0 Å². The van der Waals surface area contributed by atoms with Crippen molar-refractivity contribution >= 4 is 34.3 Å². The number of thioether (sulfide) groups is 1. The minimum absolute atomic E-state index is 0.0844. The van der Waals surface area contributed by atoms with Gasteiger partial charge >= 0.3 is 0 Å². The van der Waals surface area contributed by atoms with Gasteiger partial charge in [0, 0.05) is 31.2 Å². The van der Waals surface area contributed by atoms with Crippen LogP contribution >= 0.6 is 23.4 Å². The Morgan fingerprint density at radius 3 is 2.90 bits per heavy atom. The summed E-state index contributed by atoms with van der Waals surface area (Å²) in [6.07, 6.45) is 2.53. The monoisotopic (exact) mass is 450 g/mol. The lowest BCUT2D eigenvalue weighted by Crippen LogP contribution is -2.24. The van der Waals surface area contributed by atoms with Gasteiger partial charge in [0.05, 0.1) is 16.7 Å². The van der Waals surface area contributed by atoms with Crippen LogP contribution in [0.15, 0.2) is 32.7 Å². The van der Waals surface area contributed by atoms with E-state index in [1.165, 1.54) is 11.8 Å². The summed E-state index contributed by atoms with van der Waals surface area (Å²) in [5, 5.41) is 5.75. The van der Waals surface area contributed by atoms with E-state index in [4.69, 9.17) is 20.9 Å². The molecule has 0 N–H and O–H groups in total. The van der Waals surface area contributed by atoms with Crippen LogP contribution in [0.3, 0.4) is 0 Å². The Hall–Kier alpha value is -1.90. The van der Waals surface area contributed by atoms with E-state index in [1.54, 1.807) is 22.8 Å². The Labute approximate surface area is 185 Å². The highest BCUT2D eigenvalue weighted by Gasteiger charge is 2.14. The predicted octanol–water partition coefficient (Wildman–Crippen LogP) is 4.74. The van der Waals surface area contributed by atoms with Crippen molar-refractivity contribution in [3.63, 3.8) is 0 Å². The first-order valence-corrected chi connectivity index (χ1v) is 11.6. The summed E-state index contributed by atoms with van der Waals surface area (Å²) in [7, 11) is 0. The normalized spacial score (nSPS) is 11.6. The van der Waals surface area contributed by atoms with Crippen molar-refractivity contribution < 1.29 is 9.26 Å². The summed E-state index contributed by atoms with van der Waals surface area (Å²) >= 11 is 7.51. The summed E-state index contributed by atoms with van der Waals surface area (Å²) in [4.78, 5) is 22.2. The van der Waals surface area contributed by atoms with Crippen LogP contribution in [0.4, 0.5) is 0 Å². The highest BCUT2D eigenvalue weighted by Crippen LogP contribution is 2.23. The summed E-state index contributed by atoms with van der Waals surface area (Å²) in [6, 6.07) is 5.14. The molecule has 0 atom stereocenters. The first kappa shape index (κ1) is 22.8. The van der Waals surface area contributed by atoms with E-state index in [1.807, 2.05) is 6.92 Å². The molecule has 0 bridgehead atoms. The van der Waals surface area contributed by atoms with Crippen molar-refractivity contribution in [3.8, 4) is 0 Å². The zero-order chi connectivity index (χ0) is 21.5. The second-order valence-electron chi connectivity index (χ2n) is 7.39. The third-order valence-electron chi connectivity index (χ3n) is 4.54. The molecule has 0 aliphatic heterocycles. The lowest BCUT2D eigenvalue weighted by Gasteiger charge is -2.12. The molecule has 1 aromatic carbocycles. The van der Waals surface area contributed by atoms with E-state index >= 15 is 0 Å². The van der Waals surface area contributed by atoms with E-state index < -0.39 is 0 Å². The van der Waals surface area contributed by atoms with Crippen LogP contribution in [0.5, 0.6) is 0 Å². The molecule has 0 spiro atoms. The van der Waals surface area contributed by atoms with Crippen LogP contribution in [-0.2, 0) is 23.5 Å². The first-order valence-electron chi connectivity index (χ1n) is 10.2. The molecule has 7 nitrogen and oxygen atoms in total. The number of benzene rings is 1. The maximum absolute atomic E-state index is 13.1. The average Bonchev–Trinajstić information content (AvgIpc) is 3.17. The van der Waals surface area contributed by atoms with E-state index in [0.29, 0.717) is 64.2 Å². The number of nitrogens with zero attached hydrogens (tertiary/aromatic N) is 4. The number of ether oxygens (including phenoxy) is 1. The number of aryl methyl sites for hydroxylation is 1. The molecule has 9 heteroatoms. The third-order valence-corrected chi connectivity index (χ3v) is 5.73. The first-order chi connectivity index (χ1) is 14.5. The van der Waals surface area contributed by atoms with Gasteiger partial charge in [-0.25, -0.2) is 4.98 Å². The van der Waals surface area contributed by atoms with Gasteiger partial charge in [-0.1, -0.05) is 42.4 Å². The van der Waals surface area contributed by atoms with Crippen molar-refractivity contribution in [2.45, 2.75) is 57.5 Å². The maximum Gasteiger partial charge on any atom is 0.262 e. The fourth-order valence-electron chi connectivity index (χ4n) is 2.94. The Morgan fingerprint density at radius 1 is 1.30 bits per heavy atom. The molecule has 162 valence electrons. The molecular formula is C21H27ClN4O3S. The van der Waals surface area contributed by atoms with Crippen LogP contribution in [0.2, 0.25) is 5.02 Å². The quantitative estimate of drug-likeness (QED) is 0.237. The highest BCUT2D eigenvalue weighted by atomic mass is 35.5. The second kappa shape index (κ2) is 10.9. The number of halogens is 1. The van der Waals surface area contributed by atoms with Crippen molar-refractivity contribution in [1.82, 2.24) is 19.7 Å². The standard InChI is InChI=1S/C21H27ClN4O3S/c1-4-28-11-5-10-26-20(27)16-8-7-15(22)12-17(16)23-21(26)30-13-19-24-18(25-29-19)9-6-14(2)3/h7-8,12,14H,4-6,9-11,13H2,1-3H3. The number of fused-ring (bicyclic) bond motifs is 1. The lowest BCUT2D eigenvalue weighted by atomic mass is 10.1. The Kier molecular flexibility index (Phi) is 8.30. The van der Waals surface area contributed by atoms with Crippen molar-refractivity contribution in [3.05, 3.63) is 45.3 Å². The molecule has 2 heterocycles. The summed E-state index contributed by atoms with van der Waals surface area (Å²) in [6.45, 7) is 8.05. The van der Waals surface area contributed by atoms with E-state index in [2.05, 4.69) is 29.0 Å². The van der Waals surface area contributed by atoms with E-state index in [-0.39, 0.29) is 5.56 Å².